The first kappa shape index (κ1) is 17.9. The van der Waals surface area contributed by atoms with Gasteiger partial charge in [-0.1, -0.05) is 40.9 Å². The van der Waals surface area contributed by atoms with Crippen molar-refractivity contribution in [2.75, 3.05) is 5.32 Å². The molecule has 0 fully saturated rings. The highest BCUT2D eigenvalue weighted by molar-refractivity contribution is 6.38. The quantitative estimate of drug-likeness (QED) is 0.403. The minimum absolute atomic E-state index is 0.240. The predicted molar refractivity (Wildman–Crippen MR) is 109 cm³/mol. The number of amides is 1. The van der Waals surface area contributed by atoms with Crippen LogP contribution in [-0.4, -0.2) is 10.9 Å². The van der Waals surface area contributed by atoms with E-state index in [4.69, 9.17) is 39.2 Å². The van der Waals surface area contributed by atoms with Gasteiger partial charge in [0.15, 0.2) is 5.58 Å². The van der Waals surface area contributed by atoms with Crippen LogP contribution in [0.5, 0.6) is 0 Å². The normalized spacial score (nSPS) is 10.9. The Bertz CT molecular complexity index is 1150. The summed E-state index contributed by atoms with van der Waals surface area (Å²) in [7, 11) is 0. The lowest BCUT2D eigenvalue weighted by atomic mass is 10.1. The van der Waals surface area contributed by atoms with Gasteiger partial charge < -0.3 is 9.73 Å². The van der Waals surface area contributed by atoms with Gasteiger partial charge in [-0.2, -0.15) is 0 Å². The summed E-state index contributed by atoms with van der Waals surface area (Å²) in [5.74, 6) is 0.146. The smallest absolute Gasteiger partial charge is 0.255 e. The van der Waals surface area contributed by atoms with Crippen molar-refractivity contribution in [1.82, 2.24) is 4.98 Å². The lowest BCUT2D eigenvalue weighted by Crippen LogP contribution is -2.11. The van der Waals surface area contributed by atoms with E-state index < -0.39 is 0 Å². The molecule has 3 aromatic carbocycles. The molecular weight excluding hydrogens is 407 g/mol. The molecule has 0 aliphatic carbocycles. The predicted octanol–water partition coefficient (Wildman–Crippen LogP) is 6.71. The Balaban J connectivity index is 1.63. The highest BCUT2D eigenvalue weighted by Crippen LogP contribution is 2.32. The Morgan fingerprint density at radius 3 is 2.48 bits per heavy atom. The molecule has 7 heteroatoms. The number of benzene rings is 3. The molecule has 1 heterocycles. The first-order chi connectivity index (χ1) is 13.0. The number of carbonyl (C=O) groups excluding carboxylic acids is 1. The van der Waals surface area contributed by atoms with Crippen molar-refractivity contribution in [3.63, 3.8) is 0 Å². The van der Waals surface area contributed by atoms with E-state index in [9.17, 15) is 4.79 Å². The number of hydrogen-bond donors (Lipinski definition) is 1. The number of anilines is 1. The van der Waals surface area contributed by atoms with Crippen molar-refractivity contribution in [1.29, 1.82) is 0 Å². The zero-order valence-corrected chi connectivity index (χ0v) is 15.9. The largest absolute Gasteiger partial charge is 0.435 e. The number of nitrogens with zero attached hydrogens (tertiary/aromatic N) is 1. The number of nitrogens with one attached hydrogen (secondary N) is 1. The van der Waals surface area contributed by atoms with Crippen LogP contribution >= 0.6 is 34.8 Å². The van der Waals surface area contributed by atoms with Gasteiger partial charge in [-0.15, -0.1) is 0 Å². The monoisotopic (exact) mass is 416 g/mol. The molecule has 4 aromatic rings. The first-order valence-corrected chi connectivity index (χ1v) is 9.06. The summed E-state index contributed by atoms with van der Waals surface area (Å²) in [6, 6.07) is 17.1. The molecule has 0 unspecified atom stereocenters. The van der Waals surface area contributed by atoms with Crippen LogP contribution in [0.3, 0.4) is 0 Å². The third-order valence-electron chi connectivity index (χ3n) is 3.88. The summed E-state index contributed by atoms with van der Waals surface area (Å²) in [4.78, 5) is 16.8. The molecule has 0 radical (unpaired) electrons. The Labute approximate surface area is 169 Å². The minimum atomic E-state index is -0.240. The first-order valence-electron chi connectivity index (χ1n) is 7.92. The van der Waals surface area contributed by atoms with Crippen LogP contribution in [0.15, 0.2) is 65.1 Å². The van der Waals surface area contributed by atoms with Crippen molar-refractivity contribution < 1.29 is 9.21 Å². The highest BCUT2D eigenvalue weighted by atomic mass is 35.5. The molecule has 0 atom stereocenters. The van der Waals surface area contributed by atoms with Crippen LogP contribution in [0.4, 0.5) is 5.69 Å². The van der Waals surface area contributed by atoms with E-state index in [0.29, 0.717) is 48.9 Å². The minimum Gasteiger partial charge on any atom is -0.435 e. The van der Waals surface area contributed by atoms with E-state index in [-0.39, 0.29) is 5.91 Å². The Morgan fingerprint density at radius 1 is 0.926 bits per heavy atom. The topological polar surface area (TPSA) is 55.1 Å². The van der Waals surface area contributed by atoms with Gasteiger partial charge in [0, 0.05) is 26.9 Å². The summed E-state index contributed by atoms with van der Waals surface area (Å²) >= 11 is 18.0. The van der Waals surface area contributed by atoms with Crippen molar-refractivity contribution in [2.24, 2.45) is 0 Å². The number of hydrogen-bond acceptors (Lipinski definition) is 3. The van der Waals surface area contributed by atoms with Gasteiger partial charge in [0.25, 0.3) is 5.91 Å². The highest BCUT2D eigenvalue weighted by Gasteiger charge is 2.13. The summed E-state index contributed by atoms with van der Waals surface area (Å²) in [5.41, 5.74) is 2.85. The fourth-order valence-corrected chi connectivity index (χ4v) is 3.26. The van der Waals surface area contributed by atoms with Gasteiger partial charge in [-0.25, -0.2) is 4.98 Å². The molecular formula is C20H11Cl3N2O2. The second-order valence-corrected chi connectivity index (χ2v) is 7.08. The third kappa shape index (κ3) is 3.78. The van der Waals surface area contributed by atoms with E-state index in [1.807, 2.05) is 6.07 Å². The molecule has 0 saturated heterocycles. The molecule has 1 amide bonds. The number of carbonyl (C=O) groups is 1. The Morgan fingerprint density at radius 2 is 1.70 bits per heavy atom. The van der Waals surface area contributed by atoms with Crippen molar-refractivity contribution in [2.45, 2.75) is 0 Å². The fourth-order valence-electron chi connectivity index (χ4n) is 2.62. The number of oxazole rings is 1. The zero-order valence-electron chi connectivity index (χ0n) is 13.7. The van der Waals surface area contributed by atoms with Crippen LogP contribution in [0.2, 0.25) is 15.1 Å². The number of rotatable bonds is 3. The fraction of sp³-hybridized carbons (Fsp3) is 0. The number of fused-ring (bicyclic) bond motifs is 1. The van der Waals surface area contributed by atoms with Crippen molar-refractivity contribution in [3.8, 4) is 11.5 Å². The molecule has 0 aliphatic rings. The summed E-state index contributed by atoms with van der Waals surface area (Å²) < 4.78 is 5.77. The van der Waals surface area contributed by atoms with Gasteiger partial charge >= 0.3 is 0 Å². The maximum Gasteiger partial charge on any atom is 0.255 e. The van der Waals surface area contributed by atoms with Crippen LogP contribution in [0.25, 0.3) is 22.6 Å². The lowest BCUT2D eigenvalue weighted by Gasteiger charge is -2.06. The maximum atomic E-state index is 12.4. The SMILES string of the molecule is O=C(Nc1cccc(-c2nc3cc(Cl)cc(Cl)c3o2)c1)c1ccc(Cl)cc1. The van der Waals surface area contributed by atoms with E-state index in [1.165, 1.54) is 0 Å². The van der Waals surface area contributed by atoms with Gasteiger partial charge in [0.2, 0.25) is 5.89 Å². The van der Waals surface area contributed by atoms with Crippen LogP contribution < -0.4 is 5.32 Å². The average molecular weight is 418 g/mol. The number of aromatic nitrogens is 1. The Hall–Kier alpha value is -2.53. The molecule has 4 rings (SSSR count). The van der Waals surface area contributed by atoms with E-state index >= 15 is 0 Å². The second kappa shape index (κ2) is 7.24. The zero-order chi connectivity index (χ0) is 19.0. The van der Waals surface area contributed by atoms with Crippen LogP contribution in [0.1, 0.15) is 10.4 Å². The van der Waals surface area contributed by atoms with E-state index in [0.717, 1.165) is 0 Å². The van der Waals surface area contributed by atoms with Gasteiger partial charge in [0.1, 0.15) is 5.52 Å². The molecule has 1 aromatic heterocycles. The van der Waals surface area contributed by atoms with Gasteiger partial charge in [-0.05, 0) is 54.6 Å². The van der Waals surface area contributed by atoms with E-state index in [2.05, 4.69) is 10.3 Å². The maximum absolute atomic E-state index is 12.4. The summed E-state index contributed by atoms with van der Waals surface area (Å²) in [5, 5.41) is 4.29. The second-order valence-electron chi connectivity index (χ2n) is 5.80. The molecule has 0 spiro atoms. The molecule has 0 aliphatic heterocycles. The van der Waals surface area contributed by atoms with E-state index in [1.54, 1.807) is 54.6 Å². The number of halogens is 3. The summed E-state index contributed by atoms with van der Waals surface area (Å²) in [6.45, 7) is 0. The molecule has 0 bridgehead atoms. The third-order valence-corrected chi connectivity index (χ3v) is 4.63. The molecule has 27 heavy (non-hydrogen) atoms. The Kier molecular flexibility index (Phi) is 4.79. The van der Waals surface area contributed by atoms with Gasteiger partial charge in [-0.3, -0.25) is 4.79 Å². The molecule has 1 N–H and O–H groups in total. The summed E-state index contributed by atoms with van der Waals surface area (Å²) in [6.07, 6.45) is 0. The van der Waals surface area contributed by atoms with Gasteiger partial charge in [0.05, 0.1) is 5.02 Å². The van der Waals surface area contributed by atoms with Crippen molar-refractivity contribution >= 4 is 57.5 Å². The lowest BCUT2D eigenvalue weighted by molar-refractivity contribution is 0.102. The molecule has 134 valence electrons. The van der Waals surface area contributed by atoms with Crippen LogP contribution in [0, 0.1) is 0 Å². The van der Waals surface area contributed by atoms with Crippen molar-refractivity contribution in [3.05, 3.63) is 81.3 Å². The molecule has 0 saturated carbocycles. The average Bonchev–Trinajstić information content (AvgIpc) is 3.07. The van der Waals surface area contributed by atoms with Crippen LogP contribution in [-0.2, 0) is 0 Å². The standard InChI is InChI=1S/C20H11Cl3N2O2/c21-13-6-4-11(5-7-13)19(26)24-15-3-1-2-12(8-15)20-25-17-10-14(22)9-16(23)18(17)27-20/h1-10H,(H,24,26). The molecule has 4 nitrogen and oxygen atoms in total.